The van der Waals surface area contributed by atoms with Crippen molar-refractivity contribution >= 4 is 27.5 Å². The fourth-order valence-electron chi connectivity index (χ4n) is 3.20. The Bertz CT molecular complexity index is 791. The summed E-state index contributed by atoms with van der Waals surface area (Å²) in [4.78, 5) is 26.7. The molecule has 0 aliphatic carbocycles. The minimum atomic E-state index is -3.68. The van der Waals surface area contributed by atoms with Gasteiger partial charge in [0.15, 0.2) is 0 Å². The van der Waals surface area contributed by atoms with Crippen molar-refractivity contribution in [2.75, 3.05) is 25.0 Å². The first-order chi connectivity index (χ1) is 11.3. The lowest BCUT2D eigenvalue weighted by Gasteiger charge is -2.29. The molecule has 1 saturated heterocycles. The quantitative estimate of drug-likeness (QED) is 0.859. The molecule has 2 aliphatic heterocycles. The number of nitrogens with one attached hydrogen (secondary N) is 1. The minimum absolute atomic E-state index is 0.0488. The van der Waals surface area contributed by atoms with E-state index in [2.05, 4.69) is 4.72 Å². The molecule has 1 aromatic carbocycles. The Kier molecular flexibility index (Phi) is 4.35. The summed E-state index contributed by atoms with van der Waals surface area (Å²) in [6, 6.07) is 4.44. The number of sulfonamides is 1. The summed E-state index contributed by atoms with van der Waals surface area (Å²) in [5, 5.41) is 0. The zero-order chi connectivity index (χ0) is 17.5. The van der Waals surface area contributed by atoms with Crippen LogP contribution in [0.15, 0.2) is 23.1 Å². The van der Waals surface area contributed by atoms with Gasteiger partial charge in [0, 0.05) is 45.2 Å². The maximum Gasteiger partial charge on any atom is 0.240 e. The molecule has 0 aromatic heterocycles. The van der Waals surface area contributed by atoms with Crippen LogP contribution < -0.4 is 9.62 Å². The number of fused-ring (bicyclic) bond motifs is 1. The van der Waals surface area contributed by atoms with Gasteiger partial charge in [-0.3, -0.25) is 9.59 Å². The number of carbonyl (C=O) groups excluding carboxylic acids is 2. The molecule has 2 heterocycles. The zero-order valence-corrected chi connectivity index (χ0v) is 14.6. The number of benzene rings is 1. The Morgan fingerprint density at radius 2 is 2.04 bits per heavy atom. The van der Waals surface area contributed by atoms with Crippen LogP contribution in [-0.4, -0.2) is 51.3 Å². The summed E-state index contributed by atoms with van der Waals surface area (Å²) < 4.78 is 27.8. The number of carbonyl (C=O) groups is 2. The van der Waals surface area contributed by atoms with Gasteiger partial charge in [-0.05, 0) is 36.6 Å². The maximum absolute atomic E-state index is 12.6. The van der Waals surface area contributed by atoms with Gasteiger partial charge in [-0.1, -0.05) is 0 Å². The predicted octanol–water partition coefficient (Wildman–Crippen LogP) is 0.495. The smallest absolute Gasteiger partial charge is 0.240 e. The molecule has 0 bridgehead atoms. The lowest BCUT2D eigenvalue weighted by molar-refractivity contribution is -0.132. The van der Waals surface area contributed by atoms with Gasteiger partial charge in [0.05, 0.1) is 4.90 Å². The molecule has 8 heteroatoms. The van der Waals surface area contributed by atoms with Crippen molar-refractivity contribution in [2.45, 2.75) is 37.1 Å². The predicted molar refractivity (Wildman–Crippen MR) is 89.2 cm³/mol. The molecule has 1 fully saturated rings. The third kappa shape index (κ3) is 3.16. The van der Waals surface area contributed by atoms with Crippen LogP contribution in [0, 0.1) is 0 Å². The van der Waals surface area contributed by atoms with Crippen LogP contribution in [0.1, 0.15) is 25.3 Å². The van der Waals surface area contributed by atoms with E-state index in [0.29, 0.717) is 25.9 Å². The van der Waals surface area contributed by atoms with Crippen LogP contribution in [0.5, 0.6) is 0 Å². The molecular formula is C16H21N3O4S. The third-order valence-electron chi connectivity index (χ3n) is 4.62. The van der Waals surface area contributed by atoms with E-state index < -0.39 is 10.0 Å². The van der Waals surface area contributed by atoms with E-state index in [1.54, 1.807) is 29.0 Å². The lowest BCUT2D eigenvalue weighted by atomic mass is 10.1. The van der Waals surface area contributed by atoms with E-state index in [1.165, 1.54) is 13.0 Å². The van der Waals surface area contributed by atoms with Gasteiger partial charge in [-0.2, -0.15) is 0 Å². The minimum Gasteiger partial charge on any atom is -0.346 e. The topological polar surface area (TPSA) is 86.8 Å². The number of piperidine rings is 1. The van der Waals surface area contributed by atoms with Crippen LogP contribution in [0.4, 0.5) is 5.69 Å². The highest BCUT2D eigenvalue weighted by molar-refractivity contribution is 7.89. The molecule has 0 radical (unpaired) electrons. The van der Waals surface area contributed by atoms with Crippen molar-refractivity contribution in [2.24, 2.45) is 0 Å². The molecule has 1 N–H and O–H groups in total. The molecule has 2 aliphatic rings. The van der Waals surface area contributed by atoms with Crippen molar-refractivity contribution in [3.05, 3.63) is 23.8 Å². The van der Waals surface area contributed by atoms with Crippen LogP contribution in [-0.2, 0) is 26.0 Å². The van der Waals surface area contributed by atoms with Gasteiger partial charge in [0.2, 0.25) is 21.8 Å². The fourth-order valence-corrected chi connectivity index (χ4v) is 4.52. The number of hydrogen-bond donors (Lipinski definition) is 1. The highest BCUT2D eigenvalue weighted by Crippen LogP contribution is 2.30. The summed E-state index contributed by atoms with van der Waals surface area (Å²) >= 11 is 0. The van der Waals surface area contributed by atoms with Gasteiger partial charge >= 0.3 is 0 Å². The van der Waals surface area contributed by atoms with E-state index >= 15 is 0 Å². The van der Waals surface area contributed by atoms with Crippen LogP contribution in [0.2, 0.25) is 0 Å². The van der Waals surface area contributed by atoms with Crippen molar-refractivity contribution in [1.82, 2.24) is 9.62 Å². The Hall–Kier alpha value is -1.93. The van der Waals surface area contributed by atoms with Crippen molar-refractivity contribution < 1.29 is 18.0 Å². The van der Waals surface area contributed by atoms with Crippen LogP contribution in [0.25, 0.3) is 0 Å². The normalized spacial score (nSPS) is 21.1. The van der Waals surface area contributed by atoms with E-state index in [1.807, 2.05) is 0 Å². The van der Waals surface area contributed by atoms with Gasteiger partial charge in [0.25, 0.3) is 0 Å². The molecule has 1 unspecified atom stereocenters. The zero-order valence-electron chi connectivity index (χ0n) is 13.8. The lowest BCUT2D eigenvalue weighted by Crippen LogP contribution is -2.46. The summed E-state index contributed by atoms with van der Waals surface area (Å²) in [6.45, 7) is 2.62. The number of anilines is 1. The molecule has 2 amide bonds. The number of hydrogen-bond acceptors (Lipinski definition) is 4. The van der Waals surface area contributed by atoms with Crippen molar-refractivity contribution in [3.8, 4) is 0 Å². The summed E-state index contributed by atoms with van der Waals surface area (Å²) in [5.41, 5.74) is 1.63. The number of likely N-dealkylation sites (tertiary alicyclic amines) is 1. The average Bonchev–Trinajstić information content (AvgIpc) is 2.94. The standard InChI is InChI=1S/C16H21N3O4S/c1-11(20)19-8-5-12-9-14(3-4-15(12)19)24(22,23)17-13-6-7-18(2)16(21)10-13/h3-4,9,13,17H,5-8,10H2,1-2H3. The monoisotopic (exact) mass is 351 g/mol. The van der Waals surface area contributed by atoms with E-state index in [4.69, 9.17) is 0 Å². The Balaban J connectivity index is 1.79. The molecule has 0 spiro atoms. The van der Waals surface area contributed by atoms with Gasteiger partial charge in [-0.15, -0.1) is 0 Å². The molecule has 7 nitrogen and oxygen atoms in total. The fraction of sp³-hybridized carbons (Fsp3) is 0.500. The largest absolute Gasteiger partial charge is 0.346 e. The van der Waals surface area contributed by atoms with Gasteiger partial charge < -0.3 is 9.80 Å². The van der Waals surface area contributed by atoms with Crippen LogP contribution >= 0.6 is 0 Å². The Labute approximate surface area is 141 Å². The third-order valence-corrected chi connectivity index (χ3v) is 6.14. The highest BCUT2D eigenvalue weighted by atomic mass is 32.2. The Morgan fingerprint density at radius 1 is 1.29 bits per heavy atom. The molecule has 3 rings (SSSR count). The van der Waals surface area contributed by atoms with E-state index in [-0.39, 0.29) is 29.2 Å². The number of nitrogens with zero attached hydrogens (tertiary/aromatic N) is 2. The molecule has 1 atom stereocenters. The highest BCUT2D eigenvalue weighted by Gasteiger charge is 2.29. The first kappa shape index (κ1) is 16.9. The second-order valence-electron chi connectivity index (χ2n) is 6.34. The van der Waals surface area contributed by atoms with Crippen LogP contribution in [0.3, 0.4) is 0 Å². The van der Waals surface area contributed by atoms with Gasteiger partial charge in [0.1, 0.15) is 0 Å². The molecule has 0 saturated carbocycles. The van der Waals surface area contributed by atoms with Crippen molar-refractivity contribution in [1.29, 1.82) is 0 Å². The van der Waals surface area contributed by atoms with Crippen molar-refractivity contribution in [3.63, 3.8) is 0 Å². The van der Waals surface area contributed by atoms with Gasteiger partial charge in [-0.25, -0.2) is 13.1 Å². The summed E-state index contributed by atoms with van der Waals surface area (Å²) in [5.74, 6) is -0.104. The van der Waals surface area contributed by atoms with E-state index in [0.717, 1.165) is 11.3 Å². The molecule has 130 valence electrons. The molecular weight excluding hydrogens is 330 g/mol. The number of rotatable bonds is 3. The maximum atomic E-state index is 12.6. The molecule has 1 aromatic rings. The first-order valence-electron chi connectivity index (χ1n) is 7.95. The average molecular weight is 351 g/mol. The summed E-state index contributed by atoms with van der Waals surface area (Å²) in [7, 11) is -1.97. The number of amides is 2. The molecule has 24 heavy (non-hydrogen) atoms. The first-order valence-corrected chi connectivity index (χ1v) is 9.43. The Morgan fingerprint density at radius 3 is 2.71 bits per heavy atom. The summed E-state index contributed by atoms with van der Waals surface area (Å²) in [6.07, 6.45) is 1.42. The second kappa shape index (κ2) is 6.18. The SMILES string of the molecule is CC(=O)N1CCc2cc(S(=O)(=O)NC3CCN(C)C(=O)C3)ccc21. The van der Waals surface area contributed by atoms with E-state index in [9.17, 15) is 18.0 Å². The second-order valence-corrected chi connectivity index (χ2v) is 8.05.